The van der Waals surface area contributed by atoms with Gasteiger partial charge in [-0.25, -0.2) is 0 Å². The second-order valence-electron chi connectivity index (χ2n) is 26.1. The van der Waals surface area contributed by atoms with Crippen LogP contribution in [-0.2, 0) is 21.7 Å². The molecule has 0 spiro atoms. The van der Waals surface area contributed by atoms with Gasteiger partial charge in [0.2, 0.25) is 0 Å². The van der Waals surface area contributed by atoms with Crippen LogP contribution in [0.3, 0.4) is 0 Å². The van der Waals surface area contributed by atoms with Crippen LogP contribution in [0.2, 0.25) is 0 Å². The molecule has 0 saturated carbocycles. The Morgan fingerprint density at radius 1 is 0.293 bits per heavy atom. The zero-order valence-electron chi connectivity index (χ0n) is 48.8. The number of aryl methyl sites for hydroxylation is 4. The van der Waals surface area contributed by atoms with Gasteiger partial charge in [-0.1, -0.05) is 247 Å². The predicted octanol–water partition coefficient (Wildman–Crippen LogP) is 19.5. The van der Waals surface area contributed by atoms with Crippen LogP contribution in [0.5, 0.6) is 0 Å². The molecule has 17 rings (SSSR count). The number of rotatable bonds is 2. The highest BCUT2D eigenvalue weighted by Gasteiger charge is 2.52. The van der Waals surface area contributed by atoms with Crippen LogP contribution in [0.25, 0.3) is 43.8 Å². The van der Waals surface area contributed by atoms with Gasteiger partial charge in [-0.15, -0.1) is 0 Å². The van der Waals surface area contributed by atoms with Crippen LogP contribution in [0.15, 0.2) is 206 Å². The van der Waals surface area contributed by atoms with E-state index in [0.717, 1.165) is 11.1 Å². The van der Waals surface area contributed by atoms with Gasteiger partial charge < -0.3 is 0 Å². The van der Waals surface area contributed by atoms with Crippen LogP contribution in [0.4, 0.5) is 0 Å². The minimum absolute atomic E-state index is 0.00526. The number of hydrogen-bond donors (Lipinski definition) is 0. The fourth-order valence-electron chi connectivity index (χ4n) is 15.7. The normalized spacial score (nSPS) is 18.5. The summed E-state index contributed by atoms with van der Waals surface area (Å²) < 4.78 is 0. The Morgan fingerprint density at radius 3 is 0.817 bits per heavy atom. The van der Waals surface area contributed by atoms with Crippen LogP contribution in [0, 0.1) is 51.4 Å². The molecular weight excluding hydrogens is 985 g/mol. The van der Waals surface area contributed by atoms with Crippen molar-refractivity contribution in [1.82, 2.24) is 0 Å². The van der Waals surface area contributed by atoms with Crippen molar-refractivity contribution in [1.29, 1.82) is 0 Å². The second kappa shape index (κ2) is 17.8. The summed E-state index contributed by atoms with van der Waals surface area (Å²) in [6.45, 7) is 23.2. The van der Waals surface area contributed by atoms with Gasteiger partial charge in [0.1, 0.15) is 10.8 Å². The molecule has 0 atom stereocenters. The van der Waals surface area contributed by atoms with Gasteiger partial charge in [-0.3, -0.25) is 0 Å². The van der Waals surface area contributed by atoms with Crippen molar-refractivity contribution < 1.29 is 0 Å². The first-order valence-electron chi connectivity index (χ1n) is 29.5. The Labute approximate surface area is 485 Å². The highest BCUT2D eigenvalue weighted by Crippen LogP contribution is 2.61. The number of benzene rings is 11. The number of fused-ring (bicyclic) bond motifs is 2. The van der Waals surface area contributed by atoms with Crippen molar-refractivity contribution in [3.05, 3.63) is 318 Å². The maximum absolute atomic E-state index is 4.12. The SMILES string of the molecule is Cc1cc(C(C)(C)C)cc(C)c1-c1c2ccc(C#CC34c5ccccc5C(c5ccccc53)c3ccccc34)cc2c(-c2c(C)cc(C(C)(C)C)cc2C)c2cc(C#CC34c5ccccc5C(c5ccccc53)c3ccccc34)ccc12. The van der Waals surface area contributed by atoms with E-state index in [0.29, 0.717) is 0 Å². The van der Waals surface area contributed by atoms with Gasteiger partial charge >= 0.3 is 0 Å². The van der Waals surface area contributed by atoms with Gasteiger partial charge in [0.15, 0.2) is 0 Å². The molecule has 0 N–H and O–H groups in total. The average molecular weight is 1050 g/mol. The van der Waals surface area contributed by atoms with E-state index in [1.165, 1.54) is 144 Å². The summed E-state index contributed by atoms with van der Waals surface area (Å²) in [6.07, 6.45) is 0. The third kappa shape index (κ3) is 7.01. The Balaban J connectivity index is 1.04. The molecule has 6 aliphatic carbocycles. The van der Waals surface area contributed by atoms with Gasteiger partial charge in [0.05, 0.1) is 0 Å². The minimum atomic E-state index is -0.643. The van der Waals surface area contributed by atoms with Gasteiger partial charge in [0.25, 0.3) is 0 Å². The lowest BCUT2D eigenvalue weighted by Gasteiger charge is -2.48. The summed E-state index contributed by atoms with van der Waals surface area (Å²) in [5.74, 6) is 16.5. The molecule has 394 valence electrons. The Bertz CT molecular complexity index is 4210. The fourth-order valence-corrected chi connectivity index (χ4v) is 15.7. The predicted molar refractivity (Wildman–Crippen MR) is 343 cm³/mol. The maximum Gasteiger partial charge on any atom is 0.107 e. The van der Waals surface area contributed by atoms with E-state index in [2.05, 4.69) is 299 Å². The lowest BCUT2D eigenvalue weighted by Crippen LogP contribution is -2.41. The molecule has 0 fully saturated rings. The topological polar surface area (TPSA) is 0 Å². The van der Waals surface area contributed by atoms with Crippen molar-refractivity contribution in [2.45, 2.75) is 103 Å². The van der Waals surface area contributed by atoms with E-state index < -0.39 is 10.8 Å². The van der Waals surface area contributed by atoms with Gasteiger partial charge in [-0.05, 0) is 207 Å². The third-order valence-electron chi connectivity index (χ3n) is 19.3. The van der Waals surface area contributed by atoms with Crippen molar-refractivity contribution in [3.63, 3.8) is 0 Å². The Hall–Kier alpha value is -8.94. The zero-order valence-corrected chi connectivity index (χ0v) is 48.8. The molecule has 11 aromatic carbocycles. The largest absolute Gasteiger partial charge is 0.107 e. The minimum Gasteiger partial charge on any atom is -0.0765 e. The molecule has 0 saturated heterocycles. The quantitative estimate of drug-likeness (QED) is 0.120. The molecule has 82 heavy (non-hydrogen) atoms. The van der Waals surface area contributed by atoms with Gasteiger partial charge in [-0.2, -0.15) is 0 Å². The first-order valence-corrected chi connectivity index (χ1v) is 29.5. The van der Waals surface area contributed by atoms with Crippen molar-refractivity contribution in [2.24, 2.45) is 0 Å². The van der Waals surface area contributed by atoms with Crippen molar-refractivity contribution in [3.8, 4) is 45.9 Å². The summed E-state index contributed by atoms with van der Waals surface area (Å²) in [5, 5.41) is 4.83. The molecule has 0 heterocycles. The summed E-state index contributed by atoms with van der Waals surface area (Å²) in [7, 11) is 0. The summed E-state index contributed by atoms with van der Waals surface area (Å²) in [4.78, 5) is 0. The number of hydrogen-bond acceptors (Lipinski definition) is 0. The molecule has 0 nitrogen and oxygen atoms in total. The van der Waals surface area contributed by atoms with Gasteiger partial charge in [0, 0.05) is 23.0 Å². The van der Waals surface area contributed by atoms with E-state index in [9.17, 15) is 0 Å². The lowest BCUT2D eigenvalue weighted by atomic mass is 9.53. The third-order valence-corrected chi connectivity index (χ3v) is 19.3. The first kappa shape index (κ1) is 50.1. The maximum atomic E-state index is 4.12. The van der Waals surface area contributed by atoms with Crippen molar-refractivity contribution in [2.75, 3.05) is 0 Å². The molecular formula is C82H66. The highest BCUT2D eigenvalue weighted by molar-refractivity contribution is 6.23. The van der Waals surface area contributed by atoms with E-state index in [1.807, 2.05) is 0 Å². The molecule has 11 aromatic rings. The van der Waals surface area contributed by atoms with E-state index in [-0.39, 0.29) is 22.7 Å². The molecule has 0 aromatic heterocycles. The summed E-state index contributed by atoms with van der Waals surface area (Å²) in [6, 6.07) is 78.4. The zero-order chi connectivity index (χ0) is 56.2. The van der Waals surface area contributed by atoms with Crippen LogP contribution >= 0.6 is 0 Å². The molecule has 4 bridgehead atoms. The second-order valence-corrected chi connectivity index (χ2v) is 26.1. The molecule has 0 amide bonds. The van der Waals surface area contributed by atoms with Crippen LogP contribution < -0.4 is 0 Å². The highest BCUT2D eigenvalue weighted by atomic mass is 14.5. The standard InChI is InChI=1S/C82H66/c1-49-43-55(79(5,6)7)44-50(2)73(49)77-57-37-35-53(39-41-81-67-29-17-11-23-59(67)75(60-24-12-18-30-68(60)81)61-25-13-19-31-69(61)81)47-65(57)78(74-51(3)45-56(46-52(74)4)80(8,9)10)66-48-54(36-38-58(66)77)40-42-82-70-32-20-14-26-62(70)76(63-27-15-21-33-71(63)82)64-28-16-22-34-72(64)82/h11-38,43-48,75-76H,1-10H3. The molecule has 0 radical (unpaired) electrons. The summed E-state index contributed by atoms with van der Waals surface area (Å²) >= 11 is 0. The van der Waals surface area contributed by atoms with Crippen LogP contribution in [0.1, 0.15) is 165 Å². The monoisotopic (exact) mass is 1050 g/mol. The first-order chi connectivity index (χ1) is 39.6. The molecule has 6 aliphatic rings. The molecule has 0 aliphatic heterocycles. The Morgan fingerprint density at radius 2 is 0.549 bits per heavy atom. The van der Waals surface area contributed by atoms with E-state index in [1.54, 1.807) is 0 Å². The van der Waals surface area contributed by atoms with Crippen molar-refractivity contribution >= 4 is 21.5 Å². The summed E-state index contributed by atoms with van der Waals surface area (Å²) in [5.41, 5.74) is 29.3. The lowest BCUT2D eigenvalue weighted by molar-refractivity contribution is 0.589. The van der Waals surface area contributed by atoms with E-state index >= 15 is 0 Å². The van der Waals surface area contributed by atoms with E-state index in [4.69, 9.17) is 0 Å². The molecule has 0 heteroatoms. The molecule has 0 unspecified atom stereocenters. The smallest absolute Gasteiger partial charge is 0.0765 e. The Kier molecular flexibility index (Phi) is 10.9. The fraction of sp³-hybridized carbons (Fsp3) is 0.195. The van der Waals surface area contributed by atoms with Crippen LogP contribution in [-0.4, -0.2) is 0 Å². The average Bonchev–Trinajstić information content (AvgIpc) is 1.91.